The van der Waals surface area contributed by atoms with Gasteiger partial charge in [-0.2, -0.15) is 0 Å². The van der Waals surface area contributed by atoms with Crippen LogP contribution in [0.5, 0.6) is 5.75 Å². The number of nitrogens with two attached hydrogens (primary N) is 1. The molecule has 100 valence electrons. The van der Waals surface area contributed by atoms with Gasteiger partial charge in [-0.25, -0.2) is 12.8 Å². The summed E-state index contributed by atoms with van der Waals surface area (Å²) in [4.78, 5) is 0. The zero-order valence-corrected chi connectivity index (χ0v) is 10.8. The molecule has 0 aliphatic rings. The Morgan fingerprint density at radius 3 is 2.72 bits per heavy atom. The highest BCUT2D eigenvalue weighted by molar-refractivity contribution is 7.91. The van der Waals surface area contributed by atoms with Gasteiger partial charge >= 0.3 is 0 Å². The molecule has 0 unspecified atom stereocenters. The van der Waals surface area contributed by atoms with E-state index in [4.69, 9.17) is 15.9 Å². The number of ether oxygens (including phenoxy) is 1. The molecule has 0 radical (unpaired) electrons. The minimum Gasteiger partial charge on any atom is -0.492 e. The lowest BCUT2D eigenvalue weighted by atomic mass is 10.1. The maximum absolute atomic E-state index is 13.4. The van der Waals surface area contributed by atoms with Crippen LogP contribution in [0.2, 0.25) is 0 Å². The highest BCUT2D eigenvalue weighted by atomic mass is 32.2. The summed E-state index contributed by atoms with van der Waals surface area (Å²) in [5, 5.41) is 7.25. The fourth-order valence-electron chi connectivity index (χ4n) is 1.31. The number of hydrogen-bond donors (Lipinski definition) is 2. The molecule has 1 aromatic carbocycles. The molecular weight excluding hydrogens is 259 g/mol. The van der Waals surface area contributed by atoms with Gasteiger partial charge in [-0.05, 0) is 12.1 Å². The zero-order chi connectivity index (χ0) is 13.8. The first-order valence-electron chi connectivity index (χ1n) is 5.33. The van der Waals surface area contributed by atoms with Crippen molar-refractivity contribution in [3.05, 3.63) is 29.6 Å². The second-order valence-electron chi connectivity index (χ2n) is 3.61. The first kappa shape index (κ1) is 14.4. The first-order valence-corrected chi connectivity index (χ1v) is 7.15. The smallest absolute Gasteiger partial charge is 0.153 e. The van der Waals surface area contributed by atoms with Gasteiger partial charge in [0, 0.05) is 5.75 Å². The summed E-state index contributed by atoms with van der Waals surface area (Å²) in [6.45, 7) is 1.44. The molecule has 0 aliphatic heterocycles. The van der Waals surface area contributed by atoms with Crippen molar-refractivity contribution in [3.8, 4) is 5.75 Å². The monoisotopic (exact) mass is 274 g/mol. The van der Waals surface area contributed by atoms with Crippen molar-refractivity contribution in [3.63, 3.8) is 0 Å². The summed E-state index contributed by atoms with van der Waals surface area (Å²) in [6, 6.07) is 4.01. The van der Waals surface area contributed by atoms with Gasteiger partial charge in [-0.1, -0.05) is 13.0 Å². The lowest BCUT2D eigenvalue weighted by Crippen LogP contribution is -2.19. The Hall–Kier alpha value is -1.63. The fraction of sp³-hybridized carbons (Fsp3) is 0.364. The van der Waals surface area contributed by atoms with Crippen LogP contribution in [0.3, 0.4) is 0 Å². The Kier molecular flexibility index (Phi) is 4.66. The predicted octanol–water partition coefficient (Wildman–Crippen LogP) is 0.923. The van der Waals surface area contributed by atoms with Crippen LogP contribution in [0.15, 0.2) is 18.2 Å². The van der Waals surface area contributed by atoms with Gasteiger partial charge in [0.15, 0.2) is 9.84 Å². The molecule has 3 N–H and O–H groups in total. The van der Waals surface area contributed by atoms with Gasteiger partial charge in [-0.3, -0.25) is 5.41 Å². The van der Waals surface area contributed by atoms with E-state index in [1.807, 2.05) is 0 Å². The third-order valence-corrected chi connectivity index (χ3v) is 4.00. The molecule has 0 fully saturated rings. The number of rotatable bonds is 6. The van der Waals surface area contributed by atoms with Crippen molar-refractivity contribution < 1.29 is 17.5 Å². The molecule has 5 nitrogen and oxygen atoms in total. The van der Waals surface area contributed by atoms with Crippen LogP contribution in [0, 0.1) is 11.2 Å². The Morgan fingerprint density at radius 2 is 2.17 bits per heavy atom. The molecule has 0 aliphatic carbocycles. The molecule has 0 aromatic heterocycles. The summed E-state index contributed by atoms with van der Waals surface area (Å²) in [7, 11) is -3.14. The number of nitrogen functional groups attached to an aromatic ring is 1. The lowest BCUT2D eigenvalue weighted by Gasteiger charge is -2.11. The van der Waals surface area contributed by atoms with Crippen molar-refractivity contribution in [2.75, 3.05) is 18.1 Å². The van der Waals surface area contributed by atoms with E-state index in [0.717, 1.165) is 6.07 Å². The fourth-order valence-corrected chi connectivity index (χ4v) is 1.93. The Bertz CT molecular complexity index is 543. The van der Waals surface area contributed by atoms with Crippen molar-refractivity contribution in [1.82, 2.24) is 0 Å². The molecule has 1 aromatic rings. The zero-order valence-electron chi connectivity index (χ0n) is 9.94. The van der Waals surface area contributed by atoms with Crippen LogP contribution in [0.25, 0.3) is 0 Å². The average molecular weight is 274 g/mol. The highest BCUT2D eigenvalue weighted by Gasteiger charge is 2.13. The average Bonchev–Trinajstić information content (AvgIpc) is 2.28. The van der Waals surface area contributed by atoms with Crippen LogP contribution in [0.1, 0.15) is 12.5 Å². The number of halogens is 1. The van der Waals surface area contributed by atoms with E-state index < -0.39 is 21.5 Å². The molecule has 0 atom stereocenters. The van der Waals surface area contributed by atoms with Crippen molar-refractivity contribution in [1.29, 1.82) is 5.41 Å². The van der Waals surface area contributed by atoms with Gasteiger partial charge in [0.1, 0.15) is 24.0 Å². The van der Waals surface area contributed by atoms with E-state index in [1.54, 1.807) is 6.92 Å². The van der Waals surface area contributed by atoms with Crippen molar-refractivity contribution in [2.45, 2.75) is 6.92 Å². The molecule has 0 saturated carbocycles. The molecule has 0 amide bonds. The Labute approximate surface area is 105 Å². The van der Waals surface area contributed by atoms with Crippen LogP contribution in [-0.4, -0.2) is 32.4 Å². The third-order valence-electron chi connectivity index (χ3n) is 2.34. The summed E-state index contributed by atoms with van der Waals surface area (Å²) in [6.07, 6.45) is 0. The van der Waals surface area contributed by atoms with Gasteiger partial charge in [-0.15, -0.1) is 0 Å². The maximum atomic E-state index is 13.4. The first-order chi connectivity index (χ1) is 8.37. The SMILES string of the molecule is CCS(=O)(=O)CCOc1cccc(F)c1C(=N)N. The molecule has 0 saturated heterocycles. The summed E-state index contributed by atoms with van der Waals surface area (Å²) in [5.74, 6) is -1.18. The van der Waals surface area contributed by atoms with E-state index >= 15 is 0 Å². The molecule has 7 heteroatoms. The Morgan fingerprint density at radius 1 is 1.50 bits per heavy atom. The minimum absolute atomic E-state index is 0.0269. The topological polar surface area (TPSA) is 93.2 Å². The number of amidine groups is 1. The van der Waals surface area contributed by atoms with Crippen LogP contribution < -0.4 is 10.5 Å². The lowest BCUT2D eigenvalue weighted by molar-refractivity contribution is 0.338. The van der Waals surface area contributed by atoms with Gasteiger partial charge in [0.05, 0.1) is 11.3 Å². The predicted molar refractivity (Wildman–Crippen MR) is 67.2 cm³/mol. The van der Waals surface area contributed by atoms with E-state index in [0.29, 0.717) is 0 Å². The second kappa shape index (κ2) is 5.81. The molecule has 18 heavy (non-hydrogen) atoms. The van der Waals surface area contributed by atoms with Gasteiger partial charge in [0.25, 0.3) is 0 Å². The van der Waals surface area contributed by atoms with Crippen LogP contribution in [0.4, 0.5) is 4.39 Å². The van der Waals surface area contributed by atoms with E-state index in [1.165, 1.54) is 12.1 Å². The largest absolute Gasteiger partial charge is 0.492 e. The molecule has 0 bridgehead atoms. The van der Waals surface area contributed by atoms with Crippen LogP contribution in [-0.2, 0) is 9.84 Å². The normalized spacial score (nSPS) is 11.2. The molecular formula is C11H15FN2O3S. The minimum atomic E-state index is -3.14. The quantitative estimate of drug-likeness (QED) is 0.596. The van der Waals surface area contributed by atoms with Crippen molar-refractivity contribution in [2.24, 2.45) is 5.73 Å². The number of sulfone groups is 1. The Balaban J connectivity index is 2.80. The van der Waals surface area contributed by atoms with E-state index in [2.05, 4.69) is 0 Å². The summed E-state index contributed by atoms with van der Waals surface area (Å²) < 4.78 is 41.1. The number of hydrogen-bond acceptors (Lipinski definition) is 4. The molecule has 0 spiro atoms. The summed E-state index contributed by atoms with van der Waals surface area (Å²) >= 11 is 0. The number of nitrogens with one attached hydrogen (secondary N) is 1. The number of benzene rings is 1. The van der Waals surface area contributed by atoms with Crippen molar-refractivity contribution >= 4 is 15.7 Å². The van der Waals surface area contributed by atoms with Gasteiger partial charge in [0.2, 0.25) is 0 Å². The molecule has 0 heterocycles. The standard InChI is InChI=1S/C11H15FN2O3S/c1-2-18(15,16)7-6-17-9-5-3-4-8(12)10(9)11(13)14/h3-5H,2,6-7H2,1H3,(H3,13,14). The highest BCUT2D eigenvalue weighted by Crippen LogP contribution is 2.20. The summed E-state index contributed by atoms with van der Waals surface area (Å²) in [5.41, 5.74) is 5.10. The van der Waals surface area contributed by atoms with E-state index in [9.17, 15) is 12.8 Å². The van der Waals surface area contributed by atoms with E-state index in [-0.39, 0.29) is 29.4 Å². The second-order valence-corrected chi connectivity index (χ2v) is 6.08. The van der Waals surface area contributed by atoms with Gasteiger partial charge < -0.3 is 10.5 Å². The third kappa shape index (κ3) is 3.69. The molecule has 1 rings (SSSR count). The maximum Gasteiger partial charge on any atom is 0.153 e. The van der Waals surface area contributed by atoms with Crippen LogP contribution >= 0.6 is 0 Å².